The minimum absolute atomic E-state index is 0.197. The molecule has 1 aliphatic rings. The Balaban J connectivity index is 3.08. The molecule has 1 atom stereocenters. The Labute approximate surface area is 149 Å². The van der Waals surface area contributed by atoms with Crippen LogP contribution in [0.25, 0.3) is 0 Å². The number of carbonyl (C=O) groups is 1. The lowest BCUT2D eigenvalue weighted by molar-refractivity contribution is -0.136. The fourth-order valence-electron chi connectivity index (χ4n) is 3.36. The predicted molar refractivity (Wildman–Crippen MR) is 101 cm³/mol. The van der Waals surface area contributed by atoms with Crippen LogP contribution in [-0.2, 0) is 4.79 Å². The number of allylic oxidation sites excluding steroid dienone is 1. The molecule has 0 aromatic carbocycles. The topological polar surface area (TPSA) is 63.3 Å². The Morgan fingerprint density at radius 1 is 1.18 bits per heavy atom. The molecule has 1 unspecified atom stereocenters. The van der Waals surface area contributed by atoms with E-state index in [9.17, 15) is 4.79 Å². The molecule has 1 saturated carbocycles. The number of halogens is 1. The summed E-state index contributed by atoms with van der Waals surface area (Å²) in [5, 5.41) is 8.99. The quantitative estimate of drug-likeness (QED) is 0.574. The zero-order valence-corrected chi connectivity index (χ0v) is 16.5. The second-order valence-electron chi connectivity index (χ2n) is 7.19. The first-order valence-electron chi connectivity index (χ1n) is 8.66. The van der Waals surface area contributed by atoms with E-state index in [4.69, 9.17) is 10.8 Å². The van der Waals surface area contributed by atoms with Crippen molar-refractivity contribution in [2.24, 2.45) is 17.6 Å². The Bertz CT molecular complexity index is 394. The van der Waals surface area contributed by atoms with Crippen LogP contribution in [0.2, 0.25) is 0 Å². The molecule has 4 heteroatoms. The van der Waals surface area contributed by atoms with Gasteiger partial charge in [-0.1, -0.05) is 46.0 Å². The number of carboxylic acid groups (broad SMARTS) is 1. The van der Waals surface area contributed by atoms with E-state index in [1.54, 1.807) is 0 Å². The largest absolute Gasteiger partial charge is 0.481 e. The molecule has 0 amide bonds. The number of hydrogen-bond donors (Lipinski definition) is 2. The molecular weight excluding hydrogens is 389 g/mol. The minimum atomic E-state index is -0.727. The summed E-state index contributed by atoms with van der Waals surface area (Å²) in [6.07, 6.45) is 9.74. The van der Waals surface area contributed by atoms with Crippen molar-refractivity contribution in [2.75, 3.05) is 0 Å². The first kappa shape index (κ1) is 19.9. The van der Waals surface area contributed by atoms with Gasteiger partial charge in [0.05, 0.1) is 0 Å². The molecule has 1 aliphatic carbocycles. The molecular formula is C18H32INO2. The smallest absolute Gasteiger partial charge is 0.303 e. The molecule has 3 nitrogen and oxygen atoms in total. The molecule has 0 radical (unpaired) electrons. The van der Waals surface area contributed by atoms with Gasteiger partial charge in [0.25, 0.3) is 0 Å². The molecule has 0 saturated heterocycles. The van der Waals surface area contributed by atoms with Crippen LogP contribution in [0.3, 0.4) is 0 Å². The van der Waals surface area contributed by atoms with Crippen LogP contribution in [0.4, 0.5) is 0 Å². The van der Waals surface area contributed by atoms with Gasteiger partial charge >= 0.3 is 5.97 Å². The third-order valence-corrected chi connectivity index (χ3v) is 6.26. The maximum atomic E-state index is 10.9. The Morgan fingerprint density at radius 2 is 1.68 bits per heavy atom. The minimum Gasteiger partial charge on any atom is -0.481 e. The van der Waals surface area contributed by atoms with Gasteiger partial charge in [-0.15, -0.1) is 0 Å². The lowest BCUT2D eigenvalue weighted by atomic mass is 9.72. The number of carboxylic acids is 1. The molecule has 3 N–H and O–H groups in total. The van der Waals surface area contributed by atoms with Gasteiger partial charge < -0.3 is 10.8 Å². The van der Waals surface area contributed by atoms with Gasteiger partial charge in [-0.05, 0) is 69.8 Å². The monoisotopic (exact) mass is 421 g/mol. The summed E-state index contributed by atoms with van der Waals surface area (Å²) in [6.45, 7) is 6.47. The Hall–Kier alpha value is -0.100. The van der Waals surface area contributed by atoms with Crippen molar-refractivity contribution in [3.63, 3.8) is 0 Å². The van der Waals surface area contributed by atoms with Crippen molar-refractivity contribution in [3.05, 3.63) is 9.15 Å². The second kappa shape index (κ2) is 9.26. The maximum absolute atomic E-state index is 10.9. The van der Waals surface area contributed by atoms with Gasteiger partial charge in [-0.2, -0.15) is 0 Å². The van der Waals surface area contributed by atoms with E-state index in [-0.39, 0.29) is 12.0 Å². The van der Waals surface area contributed by atoms with Crippen molar-refractivity contribution in [2.45, 2.75) is 84.1 Å². The van der Waals surface area contributed by atoms with E-state index in [1.807, 2.05) is 0 Å². The highest BCUT2D eigenvalue weighted by Gasteiger charge is 2.34. The Kier molecular flexibility index (Phi) is 8.39. The number of nitrogens with two attached hydrogens (primary N) is 1. The molecule has 0 aromatic heterocycles. The first-order chi connectivity index (χ1) is 10.3. The molecule has 0 heterocycles. The van der Waals surface area contributed by atoms with Gasteiger partial charge in [-0.25, -0.2) is 0 Å². The van der Waals surface area contributed by atoms with E-state index >= 15 is 0 Å². The molecule has 0 bridgehead atoms. The molecule has 0 aliphatic heterocycles. The van der Waals surface area contributed by atoms with Crippen LogP contribution >= 0.6 is 22.6 Å². The van der Waals surface area contributed by atoms with Crippen molar-refractivity contribution in [1.82, 2.24) is 0 Å². The predicted octanol–water partition coefficient (Wildman–Crippen LogP) is 5.27. The van der Waals surface area contributed by atoms with Crippen molar-refractivity contribution < 1.29 is 9.90 Å². The zero-order chi connectivity index (χ0) is 16.8. The normalized spacial score (nSPS) is 21.7. The molecule has 128 valence electrons. The average Bonchev–Trinajstić information content (AvgIpc) is 2.38. The van der Waals surface area contributed by atoms with E-state index in [1.165, 1.54) is 54.1 Å². The fourth-order valence-corrected chi connectivity index (χ4v) is 4.65. The number of aliphatic carboxylic acids is 1. The lowest BCUT2D eigenvalue weighted by Gasteiger charge is -2.39. The average molecular weight is 421 g/mol. The van der Waals surface area contributed by atoms with Crippen LogP contribution < -0.4 is 5.73 Å². The molecule has 1 fully saturated rings. The van der Waals surface area contributed by atoms with Crippen LogP contribution in [0.5, 0.6) is 0 Å². The van der Waals surface area contributed by atoms with Crippen LogP contribution in [0.15, 0.2) is 9.15 Å². The van der Waals surface area contributed by atoms with Gasteiger partial charge in [0.1, 0.15) is 0 Å². The van der Waals surface area contributed by atoms with E-state index in [0.717, 1.165) is 0 Å². The van der Waals surface area contributed by atoms with Gasteiger partial charge in [0, 0.05) is 12.0 Å². The van der Waals surface area contributed by atoms with Crippen molar-refractivity contribution in [3.8, 4) is 0 Å². The summed E-state index contributed by atoms with van der Waals surface area (Å²) >= 11 is 2.36. The van der Waals surface area contributed by atoms with Gasteiger partial charge in [0.15, 0.2) is 0 Å². The third kappa shape index (κ3) is 5.84. The lowest BCUT2D eigenvalue weighted by Crippen LogP contribution is -2.46. The van der Waals surface area contributed by atoms with Crippen LogP contribution in [-0.4, -0.2) is 16.6 Å². The SMILES string of the molecule is CC(C)C(C)(N)C(=C(I)CCC(=O)O)C1CCCCCCC1. The zero-order valence-electron chi connectivity index (χ0n) is 14.3. The summed E-state index contributed by atoms with van der Waals surface area (Å²) in [5.74, 6) is 0.149. The standard InChI is InChI=1S/C18H32INO2/c1-13(2)18(3,20)17(15(19)11-12-16(21)22)14-9-7-5-4-6-8-10-14/h13-14H,4-12,20H2,1-3H3,(H,21,22). The van der Waals surface area contributed by atoms with Crippen LogP contribution in [0, 0.1) is 11.8 Å². The summed E-state index contributed by atoms with van der Waals surface area (Å²) in [7, 11) is 0. The van der Waals surface area contributed by atoms with E-state index < -0.39 is 5.97 Å². The van der Waals surface area contributed by atoms with E-state index in [2.05, 4.69) is 43.4 Å². The number of rotatable bonds is 6. The van der Waals surface area contributed by atoms with Crippen molar-refractivity contribution in [1.29, 1.82) is 0 Å². The first-order valence-corrected chi connectivity index (χ1v) is 9.74. The highest BCUT2D eigenvalue weighted by molar-refractivity contribution is 14.1. The number of hydrogen-bond acceptors (Lipinski definition) is 2. The summed E-state index contributed by atoms with van der Waals surface area (Å²) in [5.41, 5.74) is 7.71. The molecule has 1 rings (SSSR count). The van der Waals surface area contributed by atoms with Gasteiger partial charge in [-0.3, -0.25) is 4.79 Å². The molecule has 0 aromatic rings. The fraction of sp³-hybridized carbons (Fsp3) is 0.833. The summed E-state index contributed by atoms with van der Waals surface area (Å²) in [4.78, 5) is 10.9. The van der Waals surface area contributed by atoms with Crippen LogP contribution in [0.1, 0.15) is 78.6 Å². The van der Waals surface area contributed by atoms with Crippen molar-refractivity contribution >= 4 is 28.6 Å². The highest BCUT2D eigenvalue weighted by atomic mass is 127. The Morgan fingerprint density at radius 3 is 2.14 bits per heavy atom. The molecule has 0 spiro atoms. The third-order valence-electron chi connectivity index (χ3n) is 5.14. The molecule has 22 heavy (non-hydrogen) atoms. The van der Waals surface area contributed by atoms with E-state index in [0.29, 0.717) is 18.3 Å². The summed E-state index contributed by atoms with van der Waals surface area (Å²) < 4.78 is 1.18. The summed E-state index contributed by atoms with van der Waals surface area (Å²) in [6, 6.07) is 0. The second-order valence-corrected chi connectivity index (χ2v) is 8.49. The highest BCUT2D eigenvalue weighted by Crippen LogP contribution is 2.40. The van der Waals surface area contributed by atoms with Gasteiger partial charge in [0.2, 0.25) is 0 Å². The maximum Gasteiger partial charge on any atom is 0.303 e.